The van der Waals surface area contributed by atoms with Gasteiger partial charge >= 0.3 is 0 Å². The van der Waals surface area contributed by atoms with E-state index in [9.17, 15) is 4.79 Å². The predicted octanol–water partition coefficient (Wildman–Crippen LogP) is 3.45. The highest BCUT2D eigenvalue weighted by molar-refractivity contribution is 14.0. The number of amides is 1. The number of anilines is 1. The van der Waals surface area contributed by atoms with Crippen molar-refractivity contribution in [2.75, 3.05) is 32.1 Å². The van der Waals surface area contributed by atoms with E-state index in [-0.39, 0.29) is 29.9 Å². The van der Waals surface area contributed by atoms with Crippen LogP contribution in [0.1, 0.15) is 30.0 Å². The second-order valence-corrected chi connectivity index (χ2v) is 6.76. The molecule has 2 rings (SSSR count). The minimum Gasteiger partial charge on any atom is -0.496 e. The summed E-state index contributed by atoms with van der Waals surface area (Å²) in [6, 6.07) is 9.94. The third-order valence-electron chi connectivity index (χ3n) is 4.31. The number of aliphatic imine (C=N–C) groups is 1. The number of aromatic nitrogens is 1. The topological polar surface area (TPSA) is 87.6 Å². The summed E-state index contributed by atoms with van der Waals surface area (Å²) in [6.07, 6.45) is 2.87. The van der Waals surface area contributed by atoms with E-state index >= 15 is 0 Å². The Bertz CT molecular complexity index is 825. The Morgan fingerprint density at radius 3 is 2.63 bits per heavy atom. The smallest absolute Gasteiger partial charge is 0.227 e. The zero-order valence-corrected chi connectivity index (χ0v) is 20.4. The first-order chi connectivity index (χ1) is 14.0. The summed E-state index contributed by atoms with van der Waals surface area (Å²) in [5.74, 6) is 2.06. The number of hydrogen-bond acceptors (Lipinski definition) is 4. The summed E-state index contributed by atoms with van der Waals surface area (Å²) in [6.45, 7) is 7.88. The molecule has 0 saturated carbocycles. The minimum absolute atomic E-state index is 0. The average molecular weight is 525 g/mol. The van der Waals surface area contributed by atoms with E-state index < -0.39 is 0 Å². The number of ether oxygens (including phenoxy) is 1. The number of carbonyl (C=O) groups excluding carboxylic acids is 1. The Morgan fingerprint density at radius 1 is 1.17 bits per heavy atom. The molecule has 0 bridgehead atoms. The maximum absolute atomic E-state index is 12.1. The normalized spacial score (nSPS) is 10.7. The number of carbonyl (C=O) groups is 1. The van der Waals surface area contributed by atoms with Crippen LogP contribution in [0.15, 0.2) is 41.5 Å². The third-order valence-corrected chi connectivity index (χ3v) is 4.31. The predicted molar refractivity (Wildman–Crippen MR) is 133 cm³/mol. The molecule has 1 aromatic heterocycles. The Hall–Kier alpha value is -2.36. The first-order valence-corrected chi connectivity index (χ1v) is 9.90. The Kier molecular flexibility index (Phi) is 11.8. The lowest BCUT2D eigenvalue weighted by Crippen LogP contribution is -2.38. The molecule has 1 aromatic carbocycles. The van der Waals surface area contributed by atoms with Crippen LogP contribution in [-0.4, -0.2) is 43.6 Å². The van der Waals surface area contributed by atoms with Gasteiger partial charge in [0.15, 0.2) is 5.96 Å². The van der Waals surface area contributed by atoms with Gasteiger partial charge in [-0.05, 0) is 56.0 Å². The van der Waals surface area contributed by atoms with E-state index in [1.165, 1.54) is 5.56 Å². The van der Waals surface area contributed by atoms with Crippen LogP contribution in [0, 0.1) is 13.8 Å². The van der Waals surface area contributed by atoms with Crippen LogP contribution in [0.2, 0.25) is 0 Å². The molecule has 7 nitrogen and oxygen atoms in total. The standard InChI is InChI=1S/C22H31N5O2.HI/c1-5-23-22(24-12-10-18-8-7-17(3)19(14-18)29-4)25-13-11-21(28)27-20-9-6-16(2)15-26-20;/h6-9,14-15H,5,10-13H2,1-4H3,(H2,23,24,25)(H,26,27,28);1H. The van der Waals surface area contributed by atoms with Crippen molar-refractivity contribution in [3.63, 3.8) is 0 Å². The van der Waals surface area contributed by atoms with Crippen molar-refractivity contribution >= 4 is 41.7 Å². The molecule has 164 valence electrons. The van der Waals surface area contributed by atoms with E-state index in [2.05, 4.69) is 44.1 Å². The molecule has 0 unspecified atom stereocenters. The van der Waals surface area contributed by atoms with Gasteiger partial charge in [-0.15, -0.1) is 24.0 Å². The van der Waals surface area contributed by atoms with Gasteiger partial charge in [0, 0.05) is 25.7 Å². The Balaban J connectivity index is 0.00000450. The maximum atomic E-state index is 12.1. The van der Waals surface area contributed by atoms with E-state index in [1.807, 2.05) is 26.8 Å². The number of halogens is 1. The van der Waals surface area contributed by atoms with Crippen LogP contribution < -0.4 is 20.7 Å². The van der Waals surface area contributed by atoms with Crippen LogP contribution in [0.25, 0.3) is 0 Å². The minimum atomic E-state index is -0.104. The molecule has 1 heterocycles. The molecule has 0 atom stereocenters. The number of pyridine rings is 1. The Morgan fingerprint density at radius 2 is 1.97 bits per heavy atom. The summed E-state index contributed by atoms with van der Waals surface area (Å²) >= 11 is 0. The number of guanidine groups is 1. The molecule has 8 heteroatoms. The van der Waals surface area contributed by atoms with E-state index in [1.54, 1.807) is 19.4 Å². The summed E-state index contributed by atoms with van der Waals surface area (Å²) in [5.41, 5.74) is 3.37. The molecule has 0 radical (unpaired) electrons. The zero-order chi connectivity index (χ0) is 21.1. The molecule has 1 amide bonds. The monoisotopic (exact) mass is 525 g/mol. The molecule has 0 saturated heterocycles. The molecule has 0 aliphatic heterocycles. The summed E-state index contributed by atoms with van der Waals surface area (Å²) < 4.78 is 5.38. The number of hydrogen-bond donors (Lipinski definition) is 3. The lowest BCUT2D eigenvalue weighted by molar-refractivity contribution is -0.116. The van der Waals surface area contributed by atoms with Crippen molar-refractivity contribution in [1.82, 2.24) is 15.6 Å². The number of aryl methyl sites for hydroxylation is 2. The van der Waals surface area contributed by atoms with Crippen LogP contribution in [-0.2, 0) is 11.2 Å². The molecule has 0 aliphatic carbocycles. The highest BCUT2D eigenvalue weighted by atomic mass is 127. The van der Waals surface area contributed by atoms with E-state index in [0.717, 1.165) is 36.4 Å². The summed E-state index contributed by atoms with van der Waals surface area (Å²) in [7, 11) is 1.69. The fourth-order valence-electron chi connectivity index (χ4n) is 2.70. The molecular formula is C22H32IN5O2. The van der Waals surface area contributed by atoms with Gasteiger partial charge in [0.1, 0.15) is 11.6 Å². The van der Waals surface area contributed by atoms with Crippen LogP contribution >= 0.6 is 24.0 Å². The molecular weight excluding hydrogens is 493 g/mol. The van der Waals surface area contributed by atoms with Gasteiger partial charge in [0.25, 0.3) is 0 Å². The van der Waals surface area contributed by atoms with Gasteiger partial charge in [-0.1, -0.05) is 18.2 Å². The van der Waals surface area contributed by atoms with Crippen LogP contribution in [0.4, 0.5) is 5.82 Å². The number of nitrogens with zero attached hydrogens (tertiary/aromatic N) is 2. The lowest BCUT2D eigenvalue weighted by Gasteiger charge is -2.12. The van der Waals surface area contributed by atoms with Gasteiger partial charge in [-0.25, -0.2) is 4.98 Å². The first kappa shape index (κ1) is 25.7. The molecule has 3 N–H and O–H groups in total. The number of nitrogens with one attached hydrogen (secondary N) is 3. The zero-order valence-electron chi connectivity index (χ0n) is 18.1. The van der Waals surface area contributed by atoms with Crippen molar-refractivity contribution in [3.05, 3.63) is 53.2 Å². The van der Waals surface area contributed by atoms with Gasteiger partial charge in [0.2, 0.25) is 5.91 Å². The first-order valence-electron chi connectivity index (χ1n) is 9.90. The van der Waals surface area contributed by atoms with Crippen molar-refractivity contribution in [2.24, 2.45) is 4.99 Å². The Labute approximate surface area is 196 Å². The molecule has 2 aromatic rings. The quantitative estimate of drug-likeness (QED) is 0.265. The molecule has 0 aliphatic rings. The number of methoxy groups -OCH3 is 1. The second-order valence-electron chi connectivity index (χ2n) is 6.76. The van der Waals surface area contributed by atoms with Crippen molar-refractivity contribution < 1.29 is 9.53 Å². The van der Waals surface area contributed by atoms with Crippen molar-refractivity contribution in [2.45, 2.75) is 33.6 Å². The highest BCUT2D eigenvalue weighted by Gasteiger charge is 2.04. The van der Waals surface area contributed by atoms with Gasteiger partial charge < -0.3 is 20.7 Å². The van der Waals surface area contributed by atoms with Crippen molar-refractivity contribution in [1.29, 1.82) is 0 Å². The van der Waals surface area contributed by atoms with Gasteiger partial charge in [0.05, 0.1) is 13.7 Å². The molecule has 0 spiro atoms. The molecule has 0 fully saturated rings. The maximum Gasteiger partial charge on any atom is 0.227 e. The van der Waals surface area contributed by atoms with Crippen molar-refractivity contribution in [3.8, 4) is 5.75 Å². The van der Waals surface area contributed by atoms with Gasteiger partial charge in [-0.2, -0.15) is 0 Å². The molecule has 30 heavy (non-hydrogen) atoms. The number of benzene rings is 1. The van der Waals surface area contributed by atoms with Gasteiger partial charge in [-0.3, -0.25) is 9.79 Å². The fraction of sp³-hybridized carbons (Fsp3) is 0.409. The SMILES string of the molecule is CCNC(=NCCC(=O)Nc1ccc(C)cn1)NCCc1ccc(C)c(OC)c1.I. The largest absolute Gasteiger partial charge is 0.496 e. The summed E-state index contributed by atoms with van der Waals surface area (Å²) in [5, 5.41) is 9.29. The fourth-order valence-corrected chi connectivity index (χ4v) is 2.70. The van der Waals surface area contributed by atoms with E-state index in [0.29, 0.717) is 24.7 Å². The number of rotatable bonds is 9. The second kappa shape index (κ2) is 13.8. The summed E-state index contributed by atoms with van der Waals surface area (Å²) in [4.78, 5) is 20.7. The highest BCUT2D eigenvalue weighted by Crippen LogP contribution is 2.18. The van der Waals surface area contributed by atoms with E-state index in [4.69, 9.17) is 4.74 Å². The third kappa shape index (κ3) is 8.98. The lowest BCUT2D eigenvalue weighted by atomic mass is 10.1. The van der Waals surface area contributed by atoms with Crippen LogP contribution in [0.3, 0.4) is 0 Å². The average Bonchev–Trinajstić information content (AvgIpc) is 2.71. The van der Waals surface area contributed by atoms with Crippen LogP contribution in [0.5, 0.6) is 5.75 Å².